The summed E-state index contributed by atoms with van der Waals surface area (Å²) < 4.78 is 229. The molecule has 224 valence electrons. The van der Waals surface area contributed by atoms with Crippen molar-refractivity contribution in [1.82, 2.24) is 0 Å². The first kappa shape index (κ1) is 29.2. The quantitative estimate of drug-likeness (QED) is 0.230. The second-order valence-corrected chi connectivity index (χ2v) is 14.6. The van der Waals surface area contributed by atoms with Gasteiger partial charge in [0.25, 0.3) is 0 Å². The normalized spacial score (nSPS) is 27.6. The first-order valence-electron chi connectivity index (χ1n) is 10.6. The standard InChI is InChI=1S/C21H11F15O3P/c22-17(23,24)14-9-40(37-14,12-7-3-1-5-10(12)15(38-40,18(25,26)27)19(28,29)30)13-8-4-2-6-11(13)16(39-40,20(31,32)33)21(34,35)36/h1-8,14H,9H2/q-1. The van der Waals surface area contributed by atoms with Gasteiger partial charge in [-0.25, -0.2) is 0 Å². The molecule has 3 aliphatic heterocycles. The molecule has 40 heavy (non-hydrogen) atoms. The van der Waals surface area contributed by atoms with E-state index in [1.54, 1.807) is 0 Å². The summed E-state index contributed by atoms with van der Waals surface area (Å²) in [7, 11) is 0. The summed E-state index contributed by atoms with van der Waals surface area (Å²) in [5.74, 6) is 0. The zero-order valence-electron chi connectivity index (χ0n) is 18.7. The summed E-state index contributed by atoms with van der Waals surface area (Å²) in [6.07, 6.45) is -38.4. The molecule has 0 saturated carbocycles. The second-order valence-electron chi connectivity index (χ2n) is 9.48. The van der Waals surface area contributed by atoms with E-state index in [9.17, 15) is 65.9 Å². The van der Waals surface area contributed by atoms with Crippen LogP contribution in [0.25, 0.3) is 0 Å². The average molecular weight is 627 g/mol. The van der Waals surface area contributed by atoms with Gasteiger partial charge in [0.1, 0.15) is 0 Å². The molecule has 19 heteroatoms. The van der Waals surface area contributed by atoms with Crippen LogP contribution in [0.5, 0.6) is 0 Å². The van der Waals surface area contributed by atoms with Gasteiger partial charge in [-0.3, -0.25) is 0 Å². The number of halogens is 15. The Balaban J connectivity index is 2.07. The first-order chi connectivity index (χ1) is 17.8. The topological polar surface area (TPSA) is 27.7 Å². The van der Waals surface area contributed by atoms with Gasteiger partial charge in [-0.1, -0.05) is 0 Å². The Morgan fingerprint density at radius 2 is 0.850 bits per heavy atom. The van der Waals surface area contributed by atoms with Crippen LogP contribution in [0.3, 0.4) is 0 Å². The Bertz CT molecular complexity index is 1290. The summed E-state index contributed by atoms with van der Waals surface area (Å²) in [4.78, 5) is 0. The fourth-order valence-corrected chi connectivity index (χ4v) is 13.8. The third-order valence-corrected chi connectivity index (χ3v) is 13.9. The molecule has 0 radical (unpaired) electrons. The van der Waals surface area contributed by atoms with Gasteiger partial charge in [-0.15, -0.1) is 0 Å². The summed E-state index contributed by atoms with van der Waals surface area (Å²) in [6, 6.07) is 2.62. The molecule has 0 amide bonds. The molecule has 1 spiro atoms. The Labute approximate surface area is 211 Å². The molecule has 0 aliphatic carbocycles. The number of hydrogen-bond donors (Lipinski definition) is 0. The van der Waals surface area contributed by atoms with Crippen LogP contribution in [0, 0.1) is 0 Å². The van der Waals surface area contributed by atoms with E-state index >= 15 is 0 Å². The molecular weight excluding hydrogens is 616 g/mol. The molecule has 3 heterocycles. The molecule has 1 fully saturated rings. The zero-order valence-corrected chi connectivity index (χ0v) is 19.6. The Morgan fingerprint density at radius 3 is 1.12 bits per heavy atom. The SMILES string of the molecule is FC(F)(F)C1C[P-]23(O1)(OC(C(F)(F)F)(C(F)(F)F)c1ccccc12)OC(C(F)(F)F)(C(F)(F)F)c1ccccc13. The molecule has 0 bridgehead atoms. The van der Waals surface area contributed by atoms with Crippen LogP contribution < -0.4 is 10.6 Å². The van der Waals surface area contributed by atoms with Gasteiger partial charge in [0.15, 0.2) is 0 Å². The summed E-state index contributed by atoms with van der Waals surface area (Å²) in [5.41, 5.74) is -15.8. The average Bonchev–Trinajstić information content (AvgIpc) is 3.19. The van der Waals surface area contributed by atoms with Crippen molar-refractivity contribution >= 4 is 17.2 Å². The first-order valence-corrected chi connectivity index (χ1v) is 13.3. The van der Waals surface area contributed by atoms with Crippen LogP contribution >= 0.6 is 6.63 Å². The van der Waals surface area contributed by atoms with Gasteiger partial charge in [0, 0.05) is 0 Å². The molecule has 2 aromatic rings. The van der Waals surface area contributed by atoms with Gasteiger partial charge in [0.2, 0.25) is 0 Å². The van der Waals surface area contributed by atoms with E-state index in [0.717, 1.165) is 0 Å². The van der Waals surface area contributed by atoms with Crippen molar-refractivity contribution in [1.29, 1.82) is 0 Å². The number of alkyl halides is 15. The maximum absolute atomic E-state index is 14.5. The fraction of sp³-hybridized carbons (Fsp3) is 0.429. The number of hydrogen-bond acceptors (Lipinski definition) is 3. The van der Waals surface area contributed by atoms with Crippen molar-refractivity contribution in [3.8, 4) is 0 Å². The van der Waals surface area contributed by atoms with Gasteiger partial charge in [-0.2, -0.15) is 0 Å². The van der Waals surface area contributed by atoms with Gasteiger partial charge >= 0.3 is 211 Å². The molecule has 1 saturated heterocycles. The third kappa shape index (κ3) is 2.81. The summed E-state index contributed by atoms with van der Waals surface area (Å²) in [6.45, 7) is -8.50. The molecule has 2 aromatic carbocycles. The van der Waals surface area contributed by atoms with Crippen LogP contribution in [-0.2, 0) is 24.8 Å². The van der Waals surface area contributed by atoms with Gasteiger partial charge < -0.3 is 0 Å². The molecule has 0 N–H and O–H groups in total. The minimum absolute atomic E-state index is 0.0193. The van der Waals surface area contributed by atoms with Crippen molar-refractivity contribution in [2.75, 3.05) is 6.16 Å². The van der Waals surface area contributed by atoms with E-state index in [2.05, 4.69) is 9.05 Å². The van der Waals surface area contributed by atoms with E-state index in [1.165, 1.54) is 0 Å². The summed E-state index contributed by atoms with van der Waals surface area (Å²) in [5, 5.41) is -3.57. The number of benzene rings is 2. The van der Waals surface area contributed by atoms with Crippen molar-refractivity contribution in [2.24, 2.45) is 0 Å². The van der Waals surface area contributed by atoms with Crippen LogP contribution in [0.2, 0.25) is 0 Å². The van der Waals surface area contributed by atoms with Crippen molar-refractivity contribution in [2.45, 2.75) is 48.2 Å². The third-order valence-electron chi connectivity index (χ3n) is 7.40. The van der Waals surface area contributed by atoms with E-state index in [-0.39, 0.29) is 24.3 Å². The predicted molar refractivity (Wildman–Crippen MR) is 105 cm³/mol. The maximum atomic E-state index is 14.5. The zero-order chi connectivity index (χ0) is 30.3. The van der Waals surface area contributed by atoms with Crippen LogP contribution in [-0.4, -0.2) is 43.1 Å². The molecule has 3 aliphatic rings. The van der Waals surface area contributed by atoms with Crippen LogP contribution in [0.15, 0.2) is 48.5 Å². The molecular formula is C21H11F15O3P-. The monoisotopic (exact) mass is 627 g/mol. The van der Waals surface area contributed by atoms with E-state index in [0.29, 0.717) is 24.3 Å². The molecule has 5 rings (SSSR count). The molecule has 1 atom stereocenters. The summed E-state index contributed by atoms with van der Waals surface area (Å²) >= 11 is 0. The van der Waals surface area contributed by atoms with E-state index in [1.807, 2.05) is 0 Å². The van der Waals surface area contributed by atoms with Crippen molar-refractivity contribution in [3.05, 3.63) is 59.7 Å². The molecule has 0 aromatic heterocycles. The van der Waals surface area contributed by atoms with Crippen molar-refractivity contribution < 1.29 is 79.4 Å². The van der Waals surface area contributed by atoms with Crippen LogP contribution in [0.4, 0.5) is 65.9 Å². The van der Waals surface area contributed by atoms with Crippen LogP contribution in [0.1, 0.15) is 11.1 Å². The van der Waals surface area contributed by atoms with Gasteiger partial charge in [0.05, 0.1) is 0 Å². The van der Waals surface area contributed by atoms with Crippen molar-refractivity contribution in [3.63, 3.8) is 0 Å². The molecule has 1 unspecified atom stereocenters. The van der Waals surface area contributed by atoms with E-state index in [4.69, 9.17) is 4.52 Å². The van der Waals surface area contributed by atoms with Gasteiger partial charge in [-0.05, 0) is 0 Å². The number of fused-ring (bicyclic) bond motifs is 2. The Kier molecular flexibility index (Phi) is 5.12. The fourth-order valence-electron chi connectivity index (χ4n) is 6.04. The molecule has 3 nitrogen and oxygen atoms in total. The minimum atomic E-state index is -8.50. The Morgan fingerprint density at radius 1 is 0.550 bits per heavy atom. The second kappa shape index (κ2) is 7.01. The predicted octanol–water partition coefficient (Wildman–Crippen LogP) is 7.13. The Hall–Kier alpha value is -2.30. The number of rotatable bonds is 0. The van der Waals surface area contributed by atoms with E-state index < -0.39 is 82.7 Å².